The zero-order chi connectivity index (χ0) is 26.3. The van der Waals surface area contributed by atoms with E-state index in [2.05, 4.69) is 35.8 Å². The zero-order valence-corrected chi connectivity index (χ0v) is 22.7. The molecule has 2 bridgehead atoms. The maximum absolute atomic E-state index is 14.1. The van der Waals surface area contributed by atoms with Crippen molar-refractivity contribution in [2.75, 3.05) is 16.8 Å². The number of nitrogens with one attached hydrogen (secondary N) is 2. The number of ether oxygens (including phenoxy) is 2. The molecule has 37 heavy (non-hydrogen) atoms. The predicted molar refractivity (Wildman–Crippen MR) is 151 cm³/mol. The normalized spacial score (nSPS) is 22.0. The molecule has 0 aromatic heterocycles. The molecule has 0 spiro atoms. The Morgan fingerprint density at radius 1 is 1.14 bits per heavy atom. The van der Waals surface area contributed by atoms with Gasteiger partial charge in [-0.3, -0.25) is 9.69 Å². The quantitative estimate of drug-likeness (QED) is 0.389. The van der Waals surface area contributed by atoms with Gasteiger partial charge in [0.25, 0.3) is 0 Å². The summed E-state index contributed by atoms with van der Waals surface area (Å²) in [5, 5.41) is 7.17. The van der Waals surface area contributed by atoms with Crippen molar-refractivity contribution >= 4 is 34.6 Å². The van der Waals surface area contributed by atoms with Gasteiger partial charge in [0.15, 0.2) is 22.3 Å². The Morgan fingerprint density at radius 2 is 1.89 bits per heavy atom. The van der Waals surface area contributed by atoms with Gasteiger partial charge >= 0.3 is 0 Å². The van der Waals surface area contributed by atoms with E-state index >= 15 is 0 Å². The van der Waals surface area contributed by atoms with Crippen molar-refractivity contribution < 1.29 is 14.3 Å². The molecular formula is C30H33N3O3S. The molecule has 2 aliphatic heterocycles. The summed E-state index contributed by atoms with van der Waals surface area (Å²) in [6, 6.07) is 19.7. The second kappa shape index (κ2) is 9.71. The summed E-state index contributed by atoms with van der Waals surface area (Å²) in [6.45, 7) is 10.6. The monoisotopic (exact) mass is 515 g/mol. The lowest BCUT2D eigenvalue weighted by Gasteiger charge is -2.56. The van der Waals surface area contributed by atoms with Gasteiger partial charge in [-0.15, -0.1) is 0 Å². The van der Waals surface area contributed by atoms with Crippen molar-refractivity contribution in [3.8, 4) is 11.5 Å². The fraction of sp³-hybridized carbons (Fsp3) is 0.333. The van der Waals surface area contributed by atoms with E-state index in [1.165, 1.54) is 5.56 Å². The summed E-state index contributed by atoms with van der Waals surface area (Å²) < 4.78 is 12.7. The van der Waals surface area contributed by atoms with Crippen LogP contribution >= 0.6 is 12.2 Å². The molecule has 3 atom stereocenters. The van der Waals surface area contributed by atoms with Gasteiger partial charge < -0.3 is 20.1 Å². The van der Waals surface area contributed by atoms with E-state index in [9.17, 15) is 4.79 Å². The number of carbonyl (C=O) groups excluding carboxylic acids is 1. The third-order valence-corrected chi connectivity index (χ3v) is 7.61. The van der Waals surface area contributed by atoms with E-state index in [1.807, 2.05) is 75.1 Å². The maximum Gasteiger partial charge on any atom is 0.236 e. The largest absolute Gasteiger partial charge is 0.490 e. The van der Waals surface area contributed by atoms with Crippen LogP contribution in [-0.4, -0.2) is 23.4 Å². The van der Waals surface area contributed by atoms with Crippen molar-refractivity contribution in [1.82, 2.24) is 5.32 Å². The Labute approximate surface area is 224 Å². The highest BCUT2D eigenvalue weighted by Gasteiger charge is 2.59. The minimum absolute atomic E-state index is 0.142. The molecule has 3 aromatic carbocycles. The Bertz CT molecular complexity index is 1360. The lowest BCUT2D eigenvalue weighted by molar-refractivity contribution is -0.130. The number of nitrogens with zero attached hydrogens (tertiary/aromatic N) is 1. The van der Waals surface area contributed by atoms with Gasteiger partial charge in [-0.1, -0.05) is 48.9 Å². The molecular weight excluding hydrogens is 482 g/mol. The minimum Gasteiger partial charge on any atom is -0.490 e. The standard InChI is InChI=1S/C30H33N3O3S/c1-6-20-12-14-21(15-13-20)33-29(37)32-26-22-9-8-10-24(35-7-2)27(22)36-30(33,5)25(26)28(34)31-23-16-11-18(3)17-19(23)4/h8-17,25-26H,6-7H2,1-5H3,(H,31,34)(H,32,37)/t25-,26+,30+/m1/s1. The van der Waals surface area contributed by atoms with Crippen LogP contribution < -0.4 is 25.0 Å². The van der Waals surface area contributed by atoms with Crippen LogP contribution in [0.1, 0.15) is 49.1 Å². The summed E-state index contributed by atoms with van der Waals surface area (Å²) in [5.41, 5.74) is 4.77. The number of rotatable bonds is 6. The van der Waals surface area contributed by atoms with Gasteiger partial charge in [0, 0.05) is 16.9 Å². The Morgan fingerprint density at radius 3 is 2.57 bits per heavy atom. The molecule has 3 aromatic rings. The second-order valence-electron chi connectivity index (χ2n) is 9.83. The first-order valence-electron chi connectivity index (χ1n) is 12.8. The first kappa shape index (κ1) is 25.1. The summed E-state index contributed by atoms with van der Waals surface area (Å²) in [7, 11) is 0. The molecule has 0 unspecified atom stereocenters. The average molecular weight is 516 g/mol. The number of amides is 1. The van der Waals surface area contributed by atoms with E-state index < -0.39 is 17.7 Å². The predicted octanol–water partition coefficient (Wildman–Crippen LogP) is 6.06. The molecule has 192 valence electrons. The lowest BCUT2D eigenvalue weighted by atomic mass is 9.78. The van der Waals surface area contributed by atoms with Gasteiger partial charge in [-0.2, -0.15) is 0 Å². The fourth-order valence-corrected chi connectivity index (χ4v) is 5.89. The van der Waals surface area contributed by atoms with Crippen molar-refractivity contribution in [2.45, 2.75) is 52.8 Å². The fourth-order valence-electron chi connectivity index (χ4n) is 5.47. The van der Waals surface area contributed by atoms with Crippen molar-refractivity contribution in [3.05, 3.63) is 82.9 Å². The summed E-state index contributed by atoms with van der Waals surface area (Å²) >= 11 is 5.89. The van der Waals surface area contributed by atoms with Crippen molar-refractivity contribution in [1.29, 1.82) is 0 Å². The Balaban J connectivity index is 1.63. The number of thiocarbonyl (C=S) groups is 1. The molecule has 1 amide bonds. The number of benzene rings is 3. The highest BCUT2D eigenvalue weighted by atomic mass is 32.1. The number of carbonyl (C=O) groups is 1. The minimum atomic E-state index is -1.11. The molecule has 0 radical (unpaired) electrons. The summed E-state index contributed by atoms with van der Waals surface area (Å²) in [6.07, 6.45) is 0.935. The molecule has 5 rings (SSSR count). The van der Waals surface area contributed by atoms with Crippen LogP contribution in [0, 0.1) is 19.8 Å². The third-order valence-electron chi connectivity index (χ3n) is 7.31. The van der Waals surface area contributed by atoms with Crippen molar-refractivity contribution in [3.63, 3.8) is 0 Å². The maximum atomic E-state index is 14.1. The topological polar surface area (TPSA) is 62.8 Å². The lowest BCUT2D eigenvalue weighted by Crippen LogP contribution is -2.72. The summed E-state index contributed by atoms with van der Waals surface area (Å²) in [4.78, 5) is 16.0. The first-order chi connectivity index (χ1) is 17.8. The average Bonchev–Trinajstić information content (AvgIpc) is 2.86. The Hall–Kier alpha value is -3.58. The molecule has 6 nitrogen and oxygen atoms in total. The second-order valence-corrected chi connectivity index (χ2v) is 10.2. The highest BCUT2D eigenvalue weighted by Crippen LogP contribution is 2.52. The molecule has 0 aliphatic carbocycles. The van der Waals surface area contributed by atoms with E-state index in [0.717, 1.165) is 34.5 Å². The molecule has 0 saturated carbocycles. The number of anilines is 2. The van der Waals surface area contributed by atoms with Crippen LogP contribution in [0.5, 0.6) is 11.5 Å². The zero-order valence-electron chi connectivity index (χ0n) is 21.9. The van der Waals surface area contributed by atoms with Crippen LogP contribution in [-0.2, 0) is 11.2 Å². The van der Waals surface area contributed by atoms with E-state index in [-0.39, 0.29) is 5.91 Å². The molecule has 2 heterocycles. The molecule has 7 heteroatoms. The summed E-state index contributed by atoms with van der Waals surface area (Å²) in [5.74, 6) is 0.533. The number of hydrogen-bond donors (Lipinski definition) is 2. The number of hydrogen-bond acceptors (Lipinski definition) is 4. The molecule has 1 saturated heterocycles. The smallest absolute Gasteiger partial charge is 0.236 e. The molecule has 1 fully saturated rings. The van der Waals surface area contributed by atoms with Gasteiger partial charge in [-0.05, 0) is 81.7 Å². The Kier molecular flexibility index (Phi) is 6.58. The van der Waals surface area contributed by atoms with Gasteiger partial charge in [0.05, 0.1) is 12.6 Å². The number of para-hydroxylation sites is 1. The molecule has 2 aliphatic rings. The van der Waals surface area contributed by atoms with E-state index in [0.29, 0.717) is 23.2 Å². The van der Waals surface area contributed by atoms with Crippen LogP contribution in [0.2, 0.25) is 0 Å². The van der Waals surface area contributed by atoms with Gasteiger partial charge in [-0.25, -0.2) is 0 Å². The van der Waals surface area contributed by atoms with Crippen LogP contribution in [0.3, 0.4) is 0 Å². The van der Waals surface area contributed by atoms with Crippen LogP contribution in [0.15, 0.2) is 60.7 Å². The van der Waals surface area contributed by atoms with E-state index in [1.54, 1.807) is 0 Å². The highest BCUT2D eigenvalue weighted by molar-refractivity contribution is 7.80. The third kappa shape index (κ3) is 4.31. The van der Waals surface area contributed by atoms with Gasteiger partial charge in [0.1, 0.15) is 5.92 Å². The van der Waals surface area contributed by atoms with Crippen molar-refractivity contribution in [2.24, 2.45) is 5.92 Å². The van der Waals surface area contributed by atoms with Gasteiger partial charge in [0.2, 0.25) is 5.91 Å². The molecule has 2 N–H and O–H groups in total. The number of aryl methyl sites for hydroxylation is 3. The van der Waals surface area contributed by atoms with Crippen LogP contribution in [0.4, 0.5) is 11.4 Å². The SMILES string of the molecule is CCOc1cccc2c1O[C@@]1(C)[C@@H](C(=O)Nc3ccc(C)cc3C)[C@H]2NC(=S)N1c1ccc(CC)cc1. The van der Waals surface area contributed by atoms with Crippen LogP contribution in [0.25, 0.3) is 0 Å². The van der Waals surface area contributed by atoms with E-state index in [4.69, 9.17) is 21.7 Å². The number of fused-ring (bicyclic) bond motifs is 4. The first-order valence-corrected chi connectivity index (χ1v) is 13.2.